The van der Waals surface area contributed by atoms with Crippen LogP contribution in [-0.4, -0.2) is 37.5 Å². The number of nitrogens with zero attached hydrogens (tertiary/aromatic N) is 1. The first-order chi connectivity index (χ1) is 8.98. The molecule has 1 atom stereocenters. The number of nitrogens with one attached hydrogen (secondary N) is 1. The van der Waals surface area contributed by atoms with Crippen LogP contribution >= 0.6 is 0 Å². The Kier molecular flexibility index (Phi) is 4.26. The van der Waals surface area contributed by atoms with E-state index in [4.69, 9.17) is 4.42 Å². The van der Waals surface area contributed by atoms with E-state index in [2.05, 4.69) is 5.32 Å². The third-order valence-corrected chi connectivity index (χ3v) is 4.49. The molecule has 1 aromatic heterocycles. The minimum absolute atomic E-state index is 0.262. The number of piperidine rings is 1. The second kappa shape index (κ2) is 5.75. The van der Waals surface area contributed by atoms with E-state index in [1.807, 2.05) is 0 Å². The van der Waals surface area contributed by atoms with E-state index in [0.717, 1.165) is 19.1 Å². The fourth-order valence-electron chi connectivity index (χ4n) is 2.27. The normalized spacial score (nSPS) is 21.2. The van der Waals surface area contributed by atoms with E-state index in [9.17, 15) is 13.2 Å². The molecule has 106 valence electrons. The van der Waals surface area contributed by atoms with Crippen molar-refractivity contribution in [3.05, 3.63) is 24.2 Å². The molecule has 0 radical (unpaired) electrons. The summed E-state index contributed by atoms with van der Waals surface area (Å²) in [5, 5.41) is 2.72. The maximum absolute atomic E-state index is 12.1. The molecule has 1 fully saturated rings. The van der Waals surface area contributed by atoms with Gasteiger partial charge in [-0.15, -0.1) is 0 Å². The van der Waals surface area contributed by atoms with E-state index < -0.39 is 16.1 Å². The van der Waals surface area contributed by atoms with Crippen LogP contribution in [-0.2, 0) is 21.4 Å². The molecule has 1 aliphatic heterocycles. The van der Waals surface area contributed by atoms with Gasteiger partial charge in [0.1, 0.15) is 11.8 Å². The monoisotopic (exact) mass is 286 g/mol. The van der Waals surface area contributed by atoms with Crippen LogP contribution in [0.5, 0.6) is 0 Å². The Morgan fingerprint density at radius 1 is 1.53 bits per heavy atom. The van der Waals surface area contributed by atoms with Crippen LogP contribution in [0.2, 0.25) is 0 Å². The van der Waals surface area contributed by atoms with Crippen molar-refractivity contribution >= 4 is 15.9 Å². The average Bonchev–Trinajstić information content (AvgIpc) is 2.88. The Morgan fingerprint density at radius 2 is 2.32 bits per heavy atom. The van der Waals surface area contributed by atoms with Crippen molar-refractivity contribution in [1.82, 2.24) is 9.62 Å². The van der Waals surface area contributed by atoms with Crippen molar-refractivity contribution in [3.8, 4) is 0 Å². The predicted molar refractivity (Wildman–Crippen MR) is 69.7 cm³/mol. The minimum atomic E-state index is -3.34. The molecule has 19 heavy (non-hydrogen) atoms. The molecule has 1 amide bonds. The Balaban J connectivity index is 1.99. The molecule has 0 bridgehead atoms. The fourth-order valence-corrected chi connectivity index (χ4v) is 3.39. The van der Waals surface area contributed by atoms with Gasteiger partial charge >= 0.3 is 0 Å². The van der Waals surface area contributed by atoms with Crippen molar-refractivity contribution in [3.63, 3.8) is 0 Å². The van der Waals surface area contributed by atoms with Crippen LogP contribution in [0.1, 0.15) is 25.0 Å². The molecule has 1 aromatic rings. The molecule has 1 N–H and O–H groups in total. The number of rotatable bonds is 4. The quantitative estimate of drug-likeness (QED) is 0.884. The molecule has 2 heterocycles. The lowest BCUT2D eigenvalue weighted by Crippen LogP contribution is -2.51. The van der Waals surface area contributed by atoms with Gasteiger partial charge in [0, 0.05) is 6.54 Å². The summed E-state index contributed by atoms with van der Waals surface area (Å²) < 4.78 is 29.7. The summed E-state index contributed by atoms with van der Waals surface area (Å²) >= 11 is 0. The van der Waals surface area contributed by atoms with E-state index >= 15 is 0 Å². The molecule has 0 saturated carbocycles. The number of hydrogen-bond donors (Lipinski definition) is 1. The Bertz CT molecular complexity index is 524. The second-order valence-electron chi connectivity index (χ2n) is 4.68. The van der Waals surface area contributed by atoms with Gasteiger partial charge in [-0.25, -0.2) is 8.42 Å². The maximum atomic E-state index is 12.1. The molecule has 0 aromatic carbocycles. The summed E-state index contributed by atoms with van der Waals surface area (Å²) in [7, 11) is -3.34. The zero-order valence-electron chi connectivity index (χ0n) is 10.8. The van der Waals surface area contributed by atoms with Crippen LogP contribution in [0.4, 0.5) is 0 Å². The summed E-state index contributed by atoms with van der Waals surface area (Å²) in [6.45, 7) is 0.692. The van der Waals surface area contributed by atoms with Crippen LogP contribution in [0, 0.1) is 0 Å². The number of hydrogen-bond acceptors (Lipinski definition) is 4. The molecular formula is C12H18N2O4S. The van der Waals surface area contributed by atoms with Gasteiger partial charge in [-0.05, 0) is 25.0 Å². The van der Waals surface area contributed by atoms with Crippen LogP contribution in [0.25, 0.3) is 0 Å². The van der Waals surface area contributed by atoms with Gasteiger partial charge in [-0.1, -0.05) is 6.42 Å². The standard InChI is InChI=1S/C12H18N2O4S/c1-19(16,17)14-7-3-2-6-11(14)12(15)13-9-10-5-4-8-18-10/h4-5,8,11H,2-3,6-7,9H2,1H3,(H,13,15)/t11-/m1/s1. The van der Waals surface area contributed by atoms with E-state index in [1.165, 1.54) is 10.6 Å². The smallest absolute Gasteiger partial charge is 0.238 e. The lowest BCUT2D eigenvalue weighted by atomic mass is 10.0. The molecule has 1 aliphatic rings. The molecule has 2 rings (SSSR count). The van der Waals surface area contributed by atoms with Crippen LogP contribution < -0.4 is 5.32 Å². The van der Waals surface area contributed by atoms with Crippen molar-refractivity contribution < 1.29 is 17.6 Å². The van der Waals surface area contributed by atoms with E-state index in [1.54, 1.807) is 12.1 Å². The highest BCUT2D eigenvalue weighted by Crippen LogP contribution is 2.20. The largest absolute Gasteiger partial charge is 0.467 e. The zero-order chi connectivity index (χ0) is 13.9. The van der Waals surface area contributed by atoms with Crippen molar-refractivity contribution in [2.75, 3.05) is 12.8 Å². The van der Waals surface area contributed by atoms with Crippen molar-refractivity contribution in [2.24, 2.45) is 0 Å². The molecule has 0 unspecified atom stereocenters. The Hall–Kier alpha value is -1.34. The summed E-state index contributed by atoms with van der Waals surface area (Å²) in [5.41, 5.74) is 0. The van der Waals surface area contributed by atoms with Crippen molar-refractivity contribution in [1.29, 1.82) is 0 Å². The van der Waals surface area contributed by atoms with Gasteiger partial charge in [0.05, 0.1) is 19.1 Å². The first-order valence-electron chi connectivity index (χ1n) is 6.25. The fraction of sp³-hybridized carbons (Fsp3) is 0.583. The zero-order valence-corrected chi connectivity index (χ0v) is 11.6. The first kappa shape index (κ1) is 14.1. The number of furan rings is 1. The summed E-state index contributed by atoms with van der Waals surface area (Å²) in [6.07, 6.45) is 4.91. The number of amides is 1. The highest BCUT2D eigenvalue weighted by molar-refractivity contribution is 7.88. The summed E-state index contributed by atoms with van der Waals surface area (Å²) in [4.78, 5) is 12.1. The molecule has 1 saturated heterocycles. The second-order valence-corrected chi connectivity index (χ2v) is 6.62. The lowest BCUT2D eigenvalue weighted by Gasteiger charge is -2.32. The predicted octanol–water partition coefficient (Wildman–Crippen LogP) is 0.710. The van der Waals surface area contributed by atoms with E-state index in [-0.39, 0.29) is 12.5 Å². The molecular weight excluding hydrogens is 268 g/mol. The first-order valence-corrected chi connectivity index (χ1v) is 8.10. The minimum Gasteiger partial charge on any atom is -0.467 e. The molecule has 6 nitrogen and oxygen atoms in total. The number of carbonyl (C=O) groups is 1. The molecule has 7 heteroatoms. The Labute approximate surface area is 112 Å². The summed E-state index contributed by atoms with van der Waals surface area (Å²) in [6, 6.07) is 2.90. The third kappa shape index (κ3) is 3.57. The van der Waals surface area contributed by atoms with Crippen LogP contribution in [0.3, 0.4) is 0 Å². The Morgan fingerprint density at radius 3 is 2.95 bits per heavy atom. The van der Waals surface area contributed by atoms with Gasteiger partial charge < -0.3 is 9.73 Å². The lowest BCUT2D eigenvalue weighted by molar-refractivity contribution is -0.125. The van der Waals surface area contributed by atoms with Gasteiger partial charge in [0.2, 0.25) is 15.9 Å². The molecule has 0 aliphatic carbocycles. The third-order valence-electron chi connectivity index (χ3n) is 3.20. The van der Waals surface area contributed by atoms with Crippen molar-refractivity contribution in [2.45, 2.75) is 31.8 Å². The highest BCUT2D eigenvalue weighted by atomic mass is 32.2. The molecule has 0 spiro atoms. The number of sulfonamides is 1. The van der Waals surface area contributed by atoms with E-state index in [0.29, 0.717) is 18.7 Å². The maximum Gasteiger partial charge on any atom is 0.238 e. The van der Waals surface area contributed by atoms with Gasteiger partial charge in [0.15, 0.2) is 0 Å². The van der Waals surface area contributed by atoms with Crippen LogP contribution in [0.15, 0.2) is 22.8 Å². The summed E-state index contributed by atoms with van der Waals surface area (Å²) in [5.74, 6) is 0.386. The highest BCUT2D eigenvalue weighted by Gasteiger charge is 2.34. The topological polar surface area (TPSA) is 79.6 Å². The van der Waals surface area contributed by atoms with Gasteiger partial charge in [0.25, 0.3) is 0 Å². The SMILES string of the molecule is CS(=O)(=O)N1CCCC[C@@H]1C(=O)NCc1ccco1. The average molecular weight is 286 g/mol. The number of carbonyl (C=O) groups excluding carboxylic acids is 1. The van der Waals surface area contributed by atoms with Gasteiger partial charge in [-0.2, -0.15) is 4.31 Å². The van der Waals surface area contributed by atoms with Gasteiger partial charge in [-0.3, -0.25) is 4.79 Å².